The van der Waals surface area contributed by atoms with E-state index in [4.69, 9.17) is 4.74 Å². The monoisotopic (exact) mass is 182 g/mol. The number of allylic oxidation sites excluding steroid dienone is 2. The van der Waals surface area contributed by atoms with Crippen LogP contribution in [0.2, 0.25) is 0 Å². The minimum atomic E-state index is 0.819. The minimum absolute atomic E-state index is 0.819. The van der Waals surface area contributed by atoms with Gasteiger partial charge in [-0.2, -0.15) is 0 Å². The highest BCUT2D eigenvalue weighted by Crippen LogP contribution is 1.91. The van der Waals surface area contributed by atoms with Gasteiger partial charge < -0.3 is 4.74 Å². The largest absolute Gasteiger partial charge is 0.377 e. The molecule has 1 nitrogen and oxygen atoms in total. The van der Waals surface area contributed by atoms with Crippen LogP contribution < -0.4 is 0 Å². The van der Waals surface area contributed by atoms with Crippen molar-refractivity contribution in [2.75, 3.05) is 13.2 Å². The Hall–Kier alpha value is -0.560. The van der Waals surface area contributed by atoms with Crippen molar-refractivity contribution in [2.24, 2.45) is 0 Å². The molecule has 1 aliphatic heterocycles. The summed E-state index contributed by atoms with van der Waals surface area (Å²) in [4.78, 5) is 0. The number of hydrogen-bond acceptors (Lipinski definition) is 1. The normalized spacial score (nSPS) is 15.5. The van der Waals surface area contributed by atoms with Gasteiger partial charge in [0.25, 0.3) is 0 Å². The van der Waals surface area contributed by atoms with Crippen molar-refractivity contribution in [3.05, 3.63) is 24.3 Å². The van der Waals surface area contributed by atoms with Gasteiger partial charge in [0.2, 0.25) is 0 Å². The van der Waals surface area contributed by atoms with Crippen molar-refractivity contribution in [2.45, 2.75) is 39.5 Å². The van der Waals surface area contributed by atoms with Gasteiger partial charge in [0.05, 0.1) is 13.2 Å². The molecule has 0 aliphatic carbocycles. The van der Waals surface area contributed by atoms with E-state index in [1.54, 1.807) is 0 Å². The molecule has 0 atom stereocenters. The molecule has 0 amide bonds. The highest BCUT2D eigenvalue weighted by atomic mass is 16.5. The standard InChI is InChI=1S/C7H14.C5H8O/c1-3-5-7-6-4-2;1-2-4-6-5-3-1/h5,7H,3-4,6H2,1-2H3;1-2H,3-5H2/b7-5-;. The predicted molar refractivity (Wildman–Crippen MR) is 58.9 cm³/mol. The summed E-state index contributed by atoms with van der Waals surface area (Å²) in [5.41, 5.74) is 0. The summed E-state index contributed by atoms with van der Waals surface area (Å²) in [5.74, 6) is 0. The van der Waals surface area contributed by atoms with E-state index in [-0.39, 0.29) is 0 Å². The molecule has 1 rings (SSSR count). The van der Waals surface area contributed by atoms with Gasteiger partial charge in [-0.15, -0.1) is 0 Å². The summed E-state index contributed by atoms with van der Waals surface area (Å²) >= 11 is 0. The Bertz CT molecular complexity index is 128. The van der Waals surface area contributed by atoms with E-state index in [1.165, 1.54) is 19.3 Å². The zero-order valence-electron chi connectivity index (χ0n) is 8.96. The molecule has 1 aliphatic rings. The molecule has 13 heavy (non-hydrogen) atoms. The van der Waals surface area contributed by atoms with Crippen LogP contribution in [-0.4, -0.2) is 13.2 Å². The smallest absolute Gasteiger partial charge is 0.0647 e. The SMILES string of the molecule is C1=CCOCC1.CC/C=C\CCC. The molecule has 76 valence electrons. The van der Waals surface area contributed by atoms with Gasteiger partial charge >= 0.3 is 0 Å². The molecule has 0 saturated carbocycles. The van der Waals surface area contributed by atoms with Gasteiger partial charge in [0.1, 0.15) is 0 Å². The summed E-state index contributed by atoms with van der Waals surface area (Å²) in [6, 6.07) is 0. The third-order valence-electron chi connectivity index (χ3n) is 1.67. The van der Waals surface area contributed by atoms with Crippen LogP contribution in [0.3, 0.4) is 0 Å². The van der Waals surface area contributed by atoms with Crippen LogP contribution in [0.1, 0.15) is 39.5 Å². The number of rotatable bonds is 3. The quantitative estimate of drug-likeness (QED) is 0.604. The zero-order chi connectivity index (χ0) is 9.78. The van der Waals surface area contributed by atoms with Gasteiger partial charge in [0.15, 0.2) is 0 Å². The molecule has 1 heterocycles. The Morgan fingerprint density at radius 1 is 1.23 bits per heavy atom. The van der Waals surface area contributed by atoms with Crippen LogP contribution in [0.15, 0.2) is 24.3 Å². The van der Waals surface area contributed by atoms with Crippen LogP contribution in [-0.2, 0) is 4.74 Å². The first-order valence-electron chi connectivity index (χ1n) is 5.29. The summed E-state index contributed by atoms with van der Waals surface area (Å²) in [7, 11) is 0. The molecule has 0 saturated heterocycles. The third-order valence-corrected chi connectivity index (χ3v) is 1.67. The van der Waals surface area contributed by atoms with Crippen molar-refractivity contribution in [1.29, 1.82) is 0 Å². The van der Waals surface area contributed by atoms with Crippen LogP contribution in [0, 0.1) is 0 Å². The number of hydrogen-bond donors (Lipinski definition) is 0. The van der Waals surface area contributed by atoms with E-state index in [2.05, 4.69) is 32.1 Å². The first-order valence-corrected chi connectivity index (χ1v) is 5.29. The van der Waals surface area contributed by atoms with Crippen molar-refractivity contribution in [3.8, 4) is 0 Å². The van der Waals surface area contributed by atoms with Crippen molar-refractivity contribution < 1.29 is 4.74 Å². The van der Waals surface area contributed by atoms with E-state index >= 15 is 0 Å². The first kappa shape index (κ1) is 12.4. The Morgan fingerprint density at radius 3 is 2.38 bits per heavy atom. The molecule has 0 aromatic rings. The van der Waals surface area contributed by atoms with E-state index in [9.17, 15) is 0 Å². The van der Waals surface area contributed by atoms with Crippen molar-refractivity contribution in [1.82, 2.24) is 0 Å². The van der Waals surface area contributed by atoms with Gasteiger partial charge in [-0.1, -0.05) is 44.6 Å². The van der Waals surface area contributed by atoms with Gasteiger partial charge in [-0.25, -0.2) is 0 Å². The zero-order valence-corrected chi connectivity index (χ0v) is 8.96. The molecule has 0 radical (unpaired) electrons. The molecule has 1 heteroatoms. The lowest BCUT2D eigenvalue weighted by Gasteiger charge is -2.00. The summed E-state index contributed by atoms with van der Waals surface area (Å²) < 4.78 is 4.98. The van der Waals surface area contributed by atoms with Crippen molar-refractivity contribution in [3.63, 3.8) is 0 Å². The fraction of sp³-hybridized carbons (Fsp3) is 0.667. The van der Waals surface area contributed by atoms with Gasteiger partial charge in [0, 0.05) is 0 Å². The highest BCUT2D eigenvalue weighted by Gasteiger charge is 1.85. The predicted octanol–water partition coefficient (Wildman–Crippen LogP) is 3.72. The molecule has 0 spiro atoms. The Labute approximate surface area is 82.5 Å². The van der Waals surface area contributed by atoms with E-state index in [0.717, 1.165) is 19.6 Å². The second kappa shape index (κ2) is 11.4. The van der Waals surface area contributed by atoms with E-state index < -0.39 is 0 Å². The Kier molecular flexibility index (Phi) is 10.9. The highest BCUT2D eigenvalue weighted by molar-refractivity contribution is 4.84. The van der Waals surface area contributed by atoms with Crippen LogP contribution in [0.4, 0.5) is 0 Å². The summed E-state index contributed by atoms with van der Waals surface area (Å²) in [5, 5.41) is 0. The topological polar surface area (TPSA) is 9.23 Å². The Balaban J connectivity index is 0.000000223. The van der Waals surface area contributed by atoms with Crippen molar-refractivity contribution >= 4 is 0 Å². The maximum Gasteiger partial charge on any atom is 0.0647 e. The number of unbranched alkanes of at least 4 members (excludes halogenated alkanes) is 1. The second-order valence-electron chi connectivity index (χ2n) is 3.00. The van der Waals surface area contributed by atoms with Gasteiger partial charge in [-0.05, 0) is 19.3 Å². The molecule has 0 bridgehead atoms. The molecule has 0 N–H and O–H groups in total. The lowest BCUT2D eigenvalue weighted by atomic mass is 10.3. The molecular formula is C12H22O. The molecule has 0 aromatic heterocycles. The van der Waals surface area contributed by atoms with Crippen LogP contribution >= 0.6 is 0 Å². The van der Waals surface area contributed by atoms with E-state index in [0.29, 0.717) is 0 Å². The third kappa shape index (κ3) is 11.4. The Morgan fingerprint density at radius 2 is 2.08 bits per heavy atom. The lowest BCUT2D eigenvalue weighted by Crippen LogP contribution is -1.96. The summed E-state index contributed by atoms with van der Waals surface area (Å²) in [6.45, 7) is 6.09. The maximum atomic E-state index is 4.98. The molecular weight excluding hydrogens is 160 g/mol. The average Bonchev–Trinajstić information content (AvgIpc) is 2.22. The lowest BCUT2D eigenvalue weighted by molar-refractivity contribution is 0.158. The van der Waals surface area contributed by atoms with Gasteiger partial charge in [-0.3, -0.25) is 0 Å². The number of ether oxygens (including phenoxy) is 1. The molecule has 0 aromatic carbocycles. The minimum Gasteiger partial charge on any atom is -0.377 e. The molecule has 0 fully saturated rings. The summed E-state index contributed by atoms with van der Waals surface area (Å²) in [6.07, 6.45) is 13.4. The van der Waals surface area contributed by atoms with E-state index in [1.807, 2.05) is 6.08 Å². The molecule has 0 unspecified atom stereocenters. The first-order chi connectivity index (χ1) is 6.41. The second-order valence-corrected chi connectivity index (χ2v) is 3.00. The average molecular weight is 182 g/mol. The fourth-order valence-corrected chi connectivity index (χ4v) is 0.940. The maximum absolute atomic E-state index is 4.98. The fourth-order valence-electron chi connectivity index (χ4n) is 0.940. The van der Waals surface area contributed by atoms with Crippen LogP contribution in [0.5, 0.6) is 0 Å². The van der Waals surface area contributed by atoms with Crippen LogP contribution in [0.25, 0.3) is 0 Å².